The first kappa shape index (κ1) is 28.0. The molecule has 0 saturated heterocycles. The third kappa shape index (κ3) is 5.98. The molecular weight excluding hydrogens is 514 g/mol. The molecule has 0 aromatic heterocycles. The highest BCUT2D eigenvalue weighted by molar-refractivity contribution is 6.01. The molecule has 0 spiro atoms. The van der Waals surface area contributed by atoms with Crippen molar-refractivity contribution in [2.75, 3.05) is 13.2 Å². The Balaban J connectivity index is 1.84. The normalized spacial score (nSPS) is 17.6. The van der Waals surface area contributed by atoms with Crippen LogP contribution in [-0.4, -0.2) is 35.7 Å². The number of ether oxygens (including phenoxy) is 2. The highest BCUT2D eigenvalue weighted by Crippen LogP contribution is 2.45. The van der Waals surface area contributed by atoms with Crippen LogP contribution in [0.25, 0.3) is 20.9 Å². The Hall–Kier alpha value is -5.06. The van der Waals surface area contributed by atoms with Crippen molar-refractivity contribution in [3.8, 4) is 5.75 Å². The molecule has 13 nitrogen and oxygen atoms in total. The van der Waals surface area contributed by atoms with Gasteiger partial charge in [0.1, 0.15) is 5.75 Å². The molecule has 1 amide bonds. The fourth-order valence-electron chi connectivity index (χ4n) is 4.52. The zero-order valence-corrected chi connectivity index (χ0v) is 21.4. The van der Waals surface area contributed by atoms with Crippen LogP contribution in [-0.2, 0) is 22.5 Å². The molecule has 13 heteroatoms. The quantitative estimate of drug-likeness (QED) is 0.0566. The highest BCUT2D eigenvalue weighted by atomic mass is 16.5. The molecule has 1 aliphatic rings. The van der Waals surface area contributed by atoms with Crippen molar-refractivity contribution in [1.29, 1.82) is 0 Å². The van der Waals surface area contributed by atoms with Crippen LogP contribution in [0.2, 0.25) is 0 Å². The molecule has 1 heterocycles. The zero-order valence-electron chi connectivity index (χ0n) is 21.4. The van der Waals surface area contributed by atoms with Gasteiger partial charge in [0, 0.05) is 46.1 Å². The van der Waals surface area contributed by atoms with Crippen LogP contribution < -0.4 is 16.0 Å². The molecule has 4 N–H and O–H groups in total. The number of hydrogen-bond acceptors (Lipinski definition) is 8. The summed E-state index contributed by atoms with van der Waals surface area (Å²) in [6.45, 7) is 0.460. The molecule has 0 radical (unpaired) electrons. The molecule has 204 valence electrons. The number of nitrogens with two attached hydrogens (primary N) is 1. The molecule has 0 aliphatic carbocycles. The zero-order chi connectivity index (χ0) is 28.4. The summed E-state index contributed by atoms with van der Waals surface area (Å²) in [5.41, 5.74) is 21.4. The van der Waals surface area contributed by atoms with E-state index >= 15 is 0 Å². The molecular formula is C27H27N9O4. The van der Waals surface area contributed by atoms with Crippen LogP contribution in [0.5, 0.6) is 5.75 Å². The minimum Gasteiger partial charge on any atom is -0.494 e. The monoisotopic (exact) mass is 541 g/mol. The third-order valence-electron chi connectivity index (χ3n) is 6.42. The number of nitrogens with zero attached hydrogens (tertiary/aromatic N) is 7. The van der Waals surface area contributed by atoms with E-state index in [1.807, 2.05) is 12.1 Å². The largest absolute Gasteiger partial charge is 0.494 e. The first-order chi connectivity index (χ1) is 19.6. The van der Waals surface area contributed by atoms with Crippen LogP contribution >= 0.6 is 0 Å². The van der Waals surface area contributed by atoms with Crippen LogP contribution in [0.1, 0.15) is 34.8 Å². The molecule has 2 atom stereocenters. The Morgan fingerprint density at radius 2 is 1.80 bits per heavy atom. The van der Waals surface area contributed by atoms with Crippen LogP contribution in [0.4, 0.5) is 5.69 Å². The Bertz CT molecular complexity index is 1480. The minimum absolute atomic E-state index is 0.0265. The third-order valence-corrected chi connectivity index (χ3v) is 6.42. The van der Waals surface area contributed by atoms with Gasteiger partial charge in [-0.1, -0.05) is 58.8 Å². The lowest BCUT2D eigenvalue weighted by molar-refractivity contribution is -0.129. The van der Waals surface area contributed by atoms with Crippen molar-refractivity contribution in [3.05, 3.63) is 116 Å². The molecule has 1 aliphatic heterocycles. The van der Waals surface area contributed by atoms with E-state index < -0.39 is 17.6 Å². The van der Waals surface area contributed by atoms with E-state index in [2.05, 4.69) is 25.5 Å². The van der Waals surface area contributed by atoms with Crippen molar-refractivity contribution in [1.82, 2.24) is 5.43 Å². The Kier molecular flexibility index (Phi) is 9.19. The van der Waals surface area contributed by atoms with Crippen molar-refractivity contribution >= 4 is 17.5 Å². The predicted molar refractivity (Wildman–Crippen MR) is 147 cm³/mol. The van der Waals surface area contributed by atoms with Crippen molar-refractivity contribution in [3.63, 3.8) is 0 Å². The molecule has 0 saturated carbocycles. The predicted octanol–water partition coefficient (Wildman–Crippen LogP) is 4.69. The fraction of sp³-hybridized carbons (Fsp3) is 0.259. The molecule has 0 fully saturated rings. The van der Waals surface area contributed by atoms with Crippen LogP contribution in [0.15, 0.2) is 88.0 Å². The fourth-order valence-corrected chi connectivity index (χ4v) is 4.52. The van der Waals surface area contributed by atoms with Gasteiger partial charge < -0.3 is 14.6 Å². The maximum Gasteiger partial charge on any atom is 0.266 e. The van der Waals surface area contributed by atoms with Gasteiger partial charge in [-0.3, -0.25) is 10.2 Å². The second-order valence-corrected chi connectivity index (χ2v) is 8.85. The summed E-state index contributed by atoms with van der Waals surface area (Å²) in [5, 5.41) is 16.5. The van der Waals surface area contributed by atoms with E-state index in [0.29, 0.717) is 41.0 Å². The van der Waals surface area contributed by atoms with E-state index in [-0.39, 0.29) is 31.2 Å². The van der Waals surface area contributed by atoms with Gasteiger partial charge in [0.25, 0.3) is 5.91 Å². The van der Waals surface area contributed by atoms with Crippen molar-refractivity contribution < 1.29 is 19.4 Å². The Morgan fingerprint density at radius 3 is 2.50 bits per heavy atom. The summed E-state index contributed by atoms with van der Waals surface area (Å²) in [4.78, 5) is 24.3. The summed E-state index contributed by atoms with van der Waals surface area (Å²) in [6.07, 6.45) is -0.489. The Labute approximate surface area is 229 Å². The molecule has 0 bridgehead atoms. The number of amides is 1. The summed E-state index contributed by atoms with van der Waals surface area (Å²) in [5.74, 6) is 5.86. The summed E-state index contributed by atoms with van der Waals surface area (Å²) < 4.78 is 12.0. The number of hydrogen-bond donors (Lipinski definition) is 3. The lowest BCUT2D eigenvalue weighted by atomic mass is 9.80. The highest BCUT2D eigenvalue weighted by Gasteiger charge is 2.54. The maximum absolute atomic E-state index is 13.6. The van der Waals surface area contributed by atoms with Gasteiger partial charge >= 0.3 is 0 Å². The van der Waals surface area contributed by atoms with E-state index in [1.54, 1.807) is 60.7 Å². The summed E-state index contributed by atoms with van der Waals surface area (Å²) >= 11 is 0. The standard InChI is InChI=1S/C27H27N9O4/c28-33-26(38)27(16-19-6-1-2-7-20(19)17-31-35-29)24(22-8-3-4-9-23(22)34-36-30)40-25(32-27)18-10-12-21(13-11-18)39-15-5-14-37/h1-4,6-13,24,37H,5,14-17,28H2,(H,33,38)/t24-,27-/m0/s1. The lowest BCUT2D eigenvalue weighted by Crippen LogP contribution is -2.52. The van der Waals surface area contributed by atoms with Gasteiger partial charge in [-0.25, -0.2) is 10.8 Å². The Morgan fingerprint density at radius 1 is 1.07 bits per heavy atom. The maximum atomic E-state index is 13.6. The van der Waals surface area contributed by atoms with E-state index in [4.69, 9.17) is 30.9 Å². The van der Waals surface area contributed by atoms with Gasteiger partial charge in [0.05, 0.1) is 13.2 Å². The van der Waals surface area contributed by atoms with Gasteiger partial charge in [0.2, 0.25) is 5.90 Å². The van der Waals surface area contributed by atoms with Crippen molar-refractivity contribution in [2.45, 2.75) is 31.0 Å². The average Bonchev–Trinajstić information content (AvgIpc) is 3.37. The number of aliphatic imine (C=N–C) groups is 1. The van der Waals surface area contributed by atoms with Crippen LogP contribution in [0, 0.1) is 0 Å². The number of carbonyl (C=O) groups excluding carboxylic acids is 1. The molecule has 3 aromatic rings. The van der Waals surface area contributed by atoms with Crippen molar-refractivity contribution in [2.24, 2.45) is 21.1 Å². The molecule has 4 rings (SSSR count). The number of aliphatic hydroxyl groups excluding tert-OH is 1. The second-order valence-electron chi connectivity index (χ2n) is 8.85. The lowest BCUT2D eigenvalue weighted by Gasteiger charge is -2.31. The van der Waals surface area contributed by atoms with Gasteiger partial charge in [-0.2, -0.15) is 0 Å². The summed E-state index contributed by atoms with van der Waals surface area (Å²) in [7, 11) is 0. The average molecular weight is 542 g/mol. The number of rotatable bonds is 12. The number of aliphatic hydroxyl groups is 1. The smallest absolute Gasteiger partial charge is 0.266 e. The summed E-state index contributed by atoms with van der Waals surface area (Å²) in [6, 6.07) is 21.0. The second kappa shape index (κ2) is 13.1. The van der Waals surface area contributed by atoms with Gasteiger partial charge in [-0.15, -0.1) is 0 Å². The number of nitrogens with one attached hydrogen (secondary N) is 1. The molecule has 0 unspecified atom stereocenters. The van der Waals surface area contributed by atoms with Crippen LogP contribution in [0.3, 0.4) is 0 Å². The van der Waals surface area contributed by atoms with Gasteiger partial charge in [0.15, 0.2) is 11.6 Å². The molecule has 40 heavy (non-hydrogen) atoms. The first-order valence-corrected chi connectivity index (χ1v) is 12.4. The van der Waals surface area contributed by atoms with E-state index in [9.17, 15) is 10.3 Å². The number of carbonyl (C=O) groups is 1. The SMILES string of the molecule is [N-]=[N+]=NCc1ccccc1C[C@]1(C(=O)NN)N=C(c2ccc(OCCCO)cc2)O[C@H]1c1ccccc1N=[N+]=[N-]. The van der Waals surface area contributed by atoms with E-state index in [1.165, 1.54) is 0 Å². The first-order valence-electron chi connectivity index (χ1n) is 12.4. The minimum atomic E-state index is -1.62. The number of hydrazine groups is 1. The number of azide groups is 2. The topological polar surface area (TPSA) is 204 Å². The molecule has 3 aromatic carbocycles. The number of benzene rings is 3. The van der Waals surface area contributed by atoms with E-state index in [0.717, 1.165) is 0 Å². The van der Waals surface area contributed by atoms with Gasteiger partial charge in [-0.05, 0) is 46.5 Å².